The Balaban J connectivity index is 1.99. The van der Waals surface area contributed by atoms with E-state index in [1.54, 1.807) is 13.8 Å². The van der Waals surface area contributed by atoms with E-state index in [4.69, 9.17) is 9.47 Å². The number of sulfonamides is 2. The second-order valence-electron chi connectivity index (χ2n) is 9.67. The SMILES string of the molecule is C=CCN([C@@H]1C=C[C@H](N(CCCC(OCC)OCC)S(=O)(=O)c2ccccc2[N+](=O)[O-])C1)S(=O)(=O)c1ccccc1[N+](=O)[O-]. The number of rotatable bonds is 18. The first-order chi connectivity index (χ1) is 20.9. The molecule has 0 radical (unpaired) electrons. The quantitative estimate of drug-likeness (QED) is 0.0978. The summed E-state index contributed by atoms with van der Waals surface area (Å²) in [4.78, 5) is 20.8. The molecule has 0 amide bonds. The number of nitro groups is 2. The first kappa shape index (κ1) is 34.9. The molecule has 2 aromatic carbocycles. The topological polar surface area (TPSA) is 179 Å². The fourth-order valence-electron chi connectivity index (χ4n) is 5.00. The third kappa shape index (κ3) is 7.94. The van der Waals surface area contributed by atoms with Crippen molar-refractivity contribution in [3.63, 3.8) is 0 Å². The van der Waals surface area contributed by atoms with Gasteiger partial charge in [-0.1, -0.05) is 42.5 Å². The molecular weight excluding hydrogens is 616 g/mol. The minimum atomic E-state index is -4.47. The van der Waals surface area contributed by atoms with Crippen LogP contribution < -0.4 is 0 Å². The van der Waals surface area contributed by atoms with Crippen molar-refractivity contribution >= 4 is 31.4 Å². The van der Waals surface area contributed by atoms with Crippen LogP contribution in [0.3, 0.4) is 0 Å². The molecule has 14 nitrogen and oxygen atoms in total. The van der Waals surface area contributed by atoms with E-state index >= 15 is 0 Å². The standard InChI is InChI=1S/C28H36N4O10S2/c1-4-19-29(43(37,38)26-14-9-7-12-24(26)31(33)34)22-17-18-23(21-22)30(20-11-16-28(41-5-2)42-6-3)44(39,40)27-15-10-8-13-25(27)32(35)36/h4,7-10,12-15,17-18,22-23,28H,1,5-6,11,16,19-21H2,2-3H3/t22-,23+/m1/s1. The minimum absolute atomic E-state index is 0.0477. The molecule has 0 fully saturated rings. The van der Waals surface area contributed by atoms with E-state index in [2.05, 4.69) is 6.58 Å². The predicted octanol–water partition coefficient (Wildman–Crippen LogP) is 4.25. The first-order valence-corrected chi connectivity index (χ1v) is 16.8. The molecule has 1 aliphatic carbocycles. The van der Waals surface area contributed by atoms with E-state index in [1.807, 2.05) is 0 Å². The molecule has 16 heteroatoms. The van der Waals surface area contributed by atoms with Crippen molar-refractivity contribution in [3.8, 4) is 0 Å². The van der Waals surface area contributed by atoms with E-state index in [-0.39, 0.29) is 25.9 Å². The zero-order valence-electron chi connectivity index (χ0n) is 24.4. The predicted molar refractivity (Wildman–Crippen MR) is 162 cm³/mol. The normalized spacial score (nSPS) is 17.0. The van der Waals surface area contributed by atoms with Crippen molar-refractivity contribution in [1.29, 1.82) is 0 Å². The highest BCUT2D eigenvalue weighted by atomic mass is 32.2. The van der Waals surface area contributed by atoms with E-state index in [0.717, 1.165) is 32.9 Å². The third-order valence-corrected chi connectivity index (χ3v) is 10.8. The molecule has 44 heavy (non-hydrogen) atoms. The van der Waals surface area contributed by atoms with Crippen LogP contribution in [0.5, 0.6) is 0 Å². The van der Waals surface area contributed by atoms with Gasteiger partial charge in [0.2, 0.25) is 10.0 Å². The number of nitro benzene ring substituents is 2. The molecule has 0 spiro atoms. The van der Waals surface area contributed by atoms with Crippen LogP contribution in [-0.4, -0.2) is 80.0 Å². The Kier molecular flexibility index (Phi) is 12.3. The Labute approximate surface area is 257 Å². The summed E-state index contributed by atoms with van der Waals surface area (Å²) in [5.41, 5.74) is -1.19. The van der Waals surface area contributed by atoms with Gasteiger partial charge < -0.3 is 9.47 Å². The van der Waals surface area contributed by atoms with E-state index in [0.29, 0.717) is 19.6 Å². The van der Waals surface area contributed by atoms with Gasteiger partial charge in [-0.05, 0) is 45.2 Å². The molecule has 0 aromatic heterocycles. The van der Waals surface area contributed by atoms with Crippen LogP contribution >= 0.6 is 0 Å². The summed E-state index contributed by atoms with van der Waals surface area (Å²) in [5, 5.41) is 23.3. The van der Waals surface area contributed by atoms with Gasteiger partial charge in [0.1, 0.15) is 0 Å². The number of para-hydroxylation sites is 2. The van der Waals surface area contributed by atoms with Gasteiger partial charge in [0.25, 0.3) is 21.4 Å². The molecular formula is C28H36N4O10S2. The molecule has 0 N–H and O–H groups in total. The molecule has 0 heterocycles. The fraction of sp³-hybridized carbons (Fsp3) is 0.429. The van der Waals surface area contributed by atoms with E-state index < -0.39 is 69.4 Å². The van der Waals surface area contributed by atoms with Gasteiger partial charge in [0.15, 0.2) is 16.1 Å². The van der Waals surface area contributed by atoms with Crippen LogP contribution in [0.4, 0.5) is 11.4 Å². The maximum Gasteiger partial charge on any atom is 0.289 e. The van der Waals surface area contributed by atoms with Gasteiger partial charge in [0, 0.05) is 50.5 Å². The van der Waals surface area contributed by atoms with Crippen molar-refractivity contribution in [2.24, 2.45) is 0 Å². The average molecular weight is 653 g/mol. The number of benzene rings is 2. The van der Waals surface area contributed by atoms with Crippen LogP contribution in [0.2, 0.25) is 0 Å². The zero-order chi connectivity index (χ0) is 32.5. The summed E-state index contributed by atoms with van der Waals surface area (Å²) >= 11 is 0. The highest BCUT2D eigenvalue weighted by molar-refractivity contribution is 7.89. The number of hydrogen-bond donors (Lipinski definition) is 0. The second-order valence-corrected chi connectivity index (χ2v) is 13.4. The maximum absolute atomic E-state index is 14.0. The van der Waals surface area contributed by atoms with Gasteiger partial charge in [0.05, 0.1) is 9.85 Å². The lowest BCUT2D eigenvalue weighted by Gasteiger charge is -2.31. The second kappa shape index (κ2) is 15.5. The fourth-order valence-corrected chi connectivity index (χ4v) is 8.51. The molecule has 0 saturated carbocycles. The van der Waals surface area contributed by atoms with Crippen LogP contribution in [0.15, 0.2) is 83.1 Å². The molecule has 3 rings (SSSR count). The van der Waals surface area contributed by atoms with Crippen molar-refractivity contribution in [2.45, 2.75) is 61.3 Å². The average Bonchev–Trinajstić information content (AvgIpc) is 3.47. The molecule has 1 aliphatic rings. The monoisotopic (exact) mass is 652 g/mol. The lowest BCUT2D eigenvalue weighted by atomic mass is 10.2. The van der Waals surface area contributed by atoms with Crippen molar-refractivity contribution in [1.82, 2.24) is 8.61 Å². The zero-order valence-corrected chi connectivity index (χ0v) is 26.1. The molecule has 0 aliphatic heterocycles. The van der Waals surface area contributed by atoms with Crippen molar-refractivity contribution in [2.75, 3.05) is 26.3 Å². The summed E-state index contributed by atoms with van der Waals surface area (Å²) in [6.07, 6.45) is 4.35. The number of nitrogens with zero attached hydrogens (tertiary/aromatic N) is 4. The lowest BCUT2D eigenvalue weighted by molar-refractivity contribution is -0.388. The molecule has 2 aromatic rings. The largest absolute Gasteiger partial charge is 0.353 e. The number of ether oxygens (including phenoxy) is 2. The Morgan fingerprint density at radius 2 is 1.32 bits per heavy atom. The van der Waals surface area contributed by atoms with Gasteiger partial charge in [-0.25, -0.2) is 16.8 Å². The molecule has 0 saturated heterocycles. The Bertz CT molecular complexity index is 1570. The van der Waals surface area contributed by atoms with Gasteiger partial charge in [-0.3, -0.25) is 20.2 Å². The smallest absolute Gasteiger partial charge is 0.289 e. The minimum Gasteiger partial charge on any atom is -0.353 e. The summed E-state index contributed by atoms with van der Waals surface area (Å²) in [7, 11) is -8.91. The lowest BCUT2D eigenvalue weighted by Crippen LogP contribution is -2.44. The van der Waals surface area contributed by atoms with Gasteiger partial charge in [-0.15, -0.1) is 6.58 Å². The van der Waals surface area contributed by atoms with E-state index in [1.165, 1.54) is 42.5 Å². The summed E-state index contributed by atoms with van der Waals surface area (Å²) in [6.45, 7) is 7.69. The van der Waals surface area contributed by atoms with Crippen LogP contribution in [-0.2, 0) is 29.5 Å². The maximum atomic E-state index is 14.0. The molecule has 0 unspecified atom stereocenters. The Morgan fingerprint density at radius 3 is 1.77 bits per heavy atom. The number of hydrogen-bond acceptors (Lipinski definition) is 10. The highest BCUT2D eigenvalue weighted by Crippen LogP contribution is 2.34. The summed E-state index contributed by atoms with van der Waals surface area (Å²) < 4.78 is 68.8. The highest BCUT2D eigenvalue weighted by Gasteiger charge is 2.41. The molecule has 0 bridgehead atoms. The van der Waals surface area contributed by atoms with Crippen molar-refractivity contribution < 1.29 is 36.2 Å². The van der Waals surface area contributed by atoms with Crippen LogP contribution in [0.25, 0.3) is 0 Å². The summed E-state index contributed by atoms with van der Waals surface area (Å²) in [5.74, 6) is 0. The first-order valence-electron chi connectivity index (χ1n) is 13.9. The molecule has 240 valence electrons. The summed E-state index contributed by atoms with van der Waals surface area (Å²) in [6, 6.07) is 8.17. The van der Waals surface area contributed by atoms with E-state index in [9.17, 15) is 37.1 Å². The third-order valence-electron chi connectivity index (χ3n) is 6.91. The van der Waals surface area contributed by atoms with Crippen LogP contribution in [0, 0.1) is 20.2 Å². The Morgan fingerprint density at radius 1 is 0.864 bits per heavy atom. The van der Waals surface area contributed by atoms with Crippen LogP contribution in [0.1, 0.15) is 33.1 Å². The van der Waals surface area contributed by atoms with Gasteiger partial charge in [-0.2, -0.15) is 8.61 Å². The Hall–Kier alpha value is -3.54. The molecule has 2 atom stereocenters. The van der Waals surface area contributed by atoms with Crippen molar-refractivity contribution in [3.05, 3.63) is 93.6 Å². The van der Waals surface area contributed by atoms with Gasteiger partial charge >= 0.3 is 0 Å².